The van der Waals surface area contributed by atoms with E-state index in [0.29, 0.717) is 11.3 Å². The fourth-order valence-electron chi connectivity index (χ4n) is 2.93. The maximum atomic E-state index is 12.7. The lowest BCUT2D eigenvalue weighted by molar-refractivity contribution is -0.129. The van der Waals surface area contributed by atoms with Crippen molar-refractivity contribution in [3.8, 4) is 0 Å². The summed E-state index contributed by atoms with van der Waals surface area (Å²) in [6, 6.07) is 0.195. The third-order valence-electron chi connectivity index (χ3n) is 4.08. The van der Waals surface area contributed by atoms with Gasteiger partial charge in [-0.3, -0.25) is 9.63 Å². The van der Waals surface area contributed by atoms with Gasteiger partial charge in [-0.05, 0) is 33.6 Å². The molecule has 1 aliphatic carbocycles. The lowest BCUT2D eigenvalue weighted by atomic mass is 9.94. The molecule has 0 aliphatic heterocycles. The number of furan rings is 1. The molecule has 0 bridgehead atoms. The molecule has 4 heteroatoms. The third kappa shape index (κ3) is 2.68. The first-order valence-corrected chi connectivity index (χ1v) is 7.00. The first-order valence-electron chi connectivity index (χ1n) is 7.00. The van der Waals surface area contributed by atoms with Crippen LogP contribution < -0.4 is 0 Å². The number of carbonyl (C=O) groups excluding carboxylic acids is 1. The Hall–Kier alpha value is -1.29. The molecule has 4 nitrogen and oxygen atoms in total. The van der Waals surface area contributed by atoms with Gasteiger partial charge in [0.25, 0.3) is 5.91 Å². The van der Waals surface area contributed by atoms with Gasteiger partial charge in [-0.25, -0.2) is 5.06 Å². The van der Waals surface area contributed by atoms with Crippen LogP contribution in [0.15, 0.2) is 4.42 Å². The Balaban J connectivity index is 2.24. The zero-order valence-electron chi connectivity index (χ0n) is 12.3. The molecule has 1 heterocycles. The summed E-state index contributed by atoms with van der Waals surface area (Å²) in [5.74, 6) is 1.42. The summed E-state index contributed by atoms with van der Waals surface area (Å²) in [6.45, 7) is 5.65. The fourth-order valence-corrected chi connectivity index (χ4v) is 2.93. The molecule has 0 spiro atoms. The number of aryl methyl sites for hydroxylation is 2. The van der Waals surface area contributed by atoms with Crippen LogP contribution >= 0.6 is 0 Å². The van der Waals surface area contributed by atoms with E-state index in [1.807, 2.05) is 20.8 Å². The number of hydrogen-bond donors (Lipinski definition) is 0. The molecule has 1 aromatic rings. The standard InChI is InChI=1S/C15H23NO3/c1-10-11(2)19-12(3)14(10)15(17)16(18-4)13-8-6-5-7-9-13/h13H,5-9H2,1-4H3. The second-order valence-electron chi connectivity index (χ2n) is 5.32. The highest BCUT2D eigenvalue weighted by Gasteiger charge is 2.30. The van der Waals surface area contributed by atoms with Gasteiger partial charge in [-0.2, -0.15) is 0 Å². The molecule has 1 fully saturated rings. The summed E-state index contributed by atoms with van der Waals surface area (Å²) in [5, 5.41) is 1.55. The van der Waals surface area contributed by atoms with Crippen LogP contribution in [-0.2, 0) is 4.84 Å². The van der Waals surface area contributed by atoms with Crippen LogP contribution in [0, 0.1) is 20.8 Å². The van der Waals surface area contributed by atoms with E-state index in [9.17, 15) is 4.79 Å². The second kappa shape index (κ2) is 5.78. The molecular formula is C15H23NO3. The molecule has 0 saturated heterocycles. The Bertz CT molecular complexity index is 458. The van der Waals surface area contributed by atoms with Crippen molar-refractivity contribution in [3.05, 3.63) is 22.6 Å². The minimum absolute atomic E-state index is 0.0683. The molecule has 1 aliphatic rings. The Labute approximate surface area is 114 Å². The van der Waals surface area contributed by atoms with Crippen molar-refractivity contribution in [1.29, 1.82) is 0 Å². The summed E-state index contributed by atoms with van der Waals surface area (Å²) in [5.41, 5.74) is 1.57. The monoisotopic (exact) mass is 265 g/mol. The van der Waals surface area contributed by atoms with Crippen molar-refractivity contribution < 1.29 is 14.0 Å². The van der Waals surface area contributed by atoms with Crippen molar-refractivity contribution in [3.63, 3.8) is 0 Å². The molecule has 1 aromatic heterocycles. The molecule has 19 heavy (non-hydrogen) atoms. The van der Waals surface area contributed by atoms with E-state index in [-0.39, 0.29) is 11.9 Å². The zero-order valence-corrected chi connectivity index (χ0v) is 12.3. The summed E-state index contributed by atoms with van der Waals surface area (Å²) < 4.78 is 5.55. The maximum absolute atomic E-state index is 12.7. The van der Waals surface area contributed by atoms with E-state index in [1.165, 1.54) is 19.3 Å². The topological polar surface area (TPSA) is 42.7 Å². The number of hydroxylamine groups is 2. The van der Waals surface area contributed by atoms with Gasteiger partial charge in [0.05, 0.1) is 18.7 Å². The number of hydrogen-bond acceptors (Lipinski definition) is 3. The van der Waals surface area contributed by atoms with Crippen molar-refractivity contribution in [2.75, 3.05) is 7.11 Å². The predicted molar refractivity (Wildman–Crippen MR) is 73.0 cm³/mol. The van der Waals surface area contributed by atoms with Gasteiger partial charge in [-0.15, -0.1) is 0 Å². The fraction of sp³-hybridized carbons (Fsp3) is 0.667. The minimum atomic E-state index is -0.0683. The highest BCUT2D eigenvalue weighted by Crippen LogP contribution is 2.27. The maximum Gasteiger partial charge on any atom is 0.281 e. The van der Waals surface area contributed by atoms with Gasteiger partial charge >= 0.3 is 0 Å². The Morgan fingerprint density at radius 3 is 2.26 bits per heavy atom. The van der Waals surface area contributed by atoms with Gasteiger partial charge in [0, 0.05) is 5.56 Å². The molecule has 1 amide bonds. The van der Waals surface area contributed by atoms with E-state index in [2.05, 4.69) is 0 Å². The van der Waals surface area contributed by atoms with Crippen molar-refractivity contribution in [1.82, 2.24) is 5.06 Å². The Kier molecular flexibility index (Phi) is 4.30. The van der Waals surface area contributed by atoms with E-state index in [4.69, 9.17) is 9.25 Å². The minimum Gasteiger partial charge on any atom is -0.466 e. The first-order chi connectivity index (χ1) is 9.06. The van der Waals surface area contributed by atoms with Crippen LogP contribution in [0.4, 0.5) is 0 Å². The van der Waals surface area contributed by atoms with E-state index in [0.717, 1.165) is 24.2 Å². The van der Waals surface area contributed by atoms with Crippen LogP contribution in [0.2, 0.25) is 0 Å². The van der Waals surface area contributed by atoms with Gasteiger partial charge in [0.1, 0.15) is 11.5 Å². The zero-order chi connectivity index (χ0) is 14.0. The van der Waals surface area contributed by atoms with Gasteiger partial charge in [0.2, 0.25) is 0 Å². The predicted octanol–water partition coefficient (Wildman–Crippen LogP) is 3.54. The Morgan fingerprint density at radius 1 is 1.16 bits per heavy atom. The van der Waals surface area contributed by atoms with Crippen LogP contribution in [0.1, 0.15) is 59.5 Å². The Morgan fingerprint density at radius 2 is 1.79 bits per heavy atom. The lowest BCUT2D eigenvalue weighted by Gasteiger charge is -2.32. The third-order valence-corrected chi connectivity index (χ3v) is 4.08. The summed E-state index contributed by atoms with van der Waals surface area (Å²) in [4.78, 5) is 18.0. The molecule has 106 valence electrons. The van der Waals surface area contributed by atoms with E-state index in [1.54, 1.807) is 12.2 Å². The highest BCUT2D eigenvalue weighted by molar-refractivity contribution is 5.96. The molecular weight excluding hydrogens is 242 g/mol. The van der Waals surface area contributed by atoms with Gasteiger partial charge in [0.15, 0.2) is 0 Å². The molecule has 0 N–H and O–H groups in total. The molecule has 0 atom stereocenters. The van der Waals surface area contributed by atoms with Crippen LogP contribution in [-0.4, -0.2) is 24.1 Å². The average Bonchev–Trinajstić information content (AvgIpc) is 2.65. The van der Waals surface area contributed by atoms with Crippen molar-refractivity contribution in [2.24, 2.45) is 0 Å². The molecule has 0 radical (unpaired) electrons. The van der Waals surface area contributed by atoms with Crippen LogP contribution in [0.5, 0.6) is 0 Å². The smallest absolute Gasteiger partial charge is 0.281 e. The molecule has 0 aromatic carbocycles. The van der Waals surface area contributed by atoms with Crippen molar-refractivity contribution >= 4 is 5.91 Å². The van der Waals surface area contributed by atoms with E-state index < -0.39 is 0 Å². The first kappa shape index (κ1) is 14.1. The normalized spacial score (nSPS) is 16.6. The van der Waals surface area contributed by atoms with Gasteiger partial charge in [-0.1, -0.05) is 19.3 Å². The number of carbonyl (C=O) groups is 1. The molecule has 1 saturated carbocycles. The molecule has 0 unspecified atom stereocenters. The summed E-state index contributed by atoms with van der Waals surface area (Å²) in [7, 11) is 1.57. The lowest BCUT2D eigenvalue weighted by Crippen LogP contribution is -2.41. The highest BCUT2D eigenvalue weighted by atomic mass is 16.7. The second-order valence-corrected chi connectivity index (χ2v) is 5.32. The molecule has 2 rings (SSSR count). The van der Waals surface area contributed by atoms with Gasteiger partial charge < -0.3 is 4.42 Å². The summed E-state index contributed by atoms with van der Waals surface area (Å²) in [6.07, 6.45) is 5.63. The largest absolute Gasteiger partial charge is 0.466 e. The van der Waals surface area contributed by atoms with Crippen LogP contribution in [0.3, 0.4) is 0 Å². The SMILES string of the molecule is CON(C(=O)c1c(C)oc(C)c1C)C1CCCCC1. The number of amides is 1. The number of nitrogens with zero attached hydrogens (tertiary/aromatic N) is 1. The summed E-state index contributed by atoms with van der Waals surface area (Å²) >= 11 is 0. The van der Waals surface area contributed by atoms with E-state index >= 15 is 0 Å². The quantitative estimate of drug-likeness (QED) is 0.785. The number of rotatable bonds is 3. The van der Waals surface area contributed by atoms with Crippen LogP contribution in [0.25, 0.3) is 0 Å². The average molecular weight is 265 g/mol. The van der Waals surface area contributed by atoms with Crippen molar-refractivity contribution in [2.45, 2.75) is 58.9 Å².